The number of nitrogens with one attached hydrogen (secondary N) is 1. The van der Waals surface area contributed by atoms with Crippen LogP contribution in [-0.4, -0.2) is 29.8 Å². The zero-order valence-corrected chi connectivity index (χ0v) is 10.9. The van der Waals surface area contributed by atoms with Gasteiger partial charge in [-0.25, -0.2) is 4.98 Å². The Hall–Kier alpha value is -1.03. The molecule has 0 aromatic carbocycles. The van der Waals surface area contributed by atoms with Gasteiger partial charge in [0.25, 0.3) is 0 Å². The predicted molar refractivity (Wildman–Crippen MR) is 69.3 cm³/mol. The van der Waals surface area contributed by atoms with Gasteiger partial charge in [-0.3, -0.25) is 0 Å². The Kier molecular flexibility index (Phi) is 4.42. The minimum atomic E-state index is 0.327. The number of anilines is 1. The lowest BCUT2D eigenvalue weighted by Crippen LogP contribution is -2.15. The summed E-state index contributed by atoms with van der Waals surface area (Å²) in [4.78, 5) is 4.35. The van der Waals surface area contributed by atoms with Crippen molar-refractivity contribution in [3.05, 3.63) is 12.4 Å². The molecule has 1 heterocycles. The third-order valence-corrected chi connectivity index (χ3v) is 3.32. The highest BCUT2D eigenvalue weighted by molar-refractivity contribution is 5.26. The third kappa shape index (κ3) is 3.73. The maximum absolute atomic E-state index is 5.17. The van der Waals surface area contributed by atoms with Gasteiger partial charge in [-0.1, -0.05) is 12.8 Å². The molecule has 1 unspecified atom stereocenters. The molecule has 0 bridgehead atoms. The maximum Gasteiger partial charge on any atom is 0.203 e. The van der Waals surface area contributed by atoms with Gasteiger partial charge in [-0.05, 0) is 25.7 Å². The van der Waals surface area contributed by atoms with Crippen LogP contribution in [0.3, 0.4) is 0 Å². The van der Waals surface area contributed by atoms with Crippen LogP contribution in [0.4, 0.5) is 5.95 Å². The molecule has 1 fully saturated rings. The van der Waals surface area contributed by atoms with E-state index in [0.717, 1.165) is 18.4 Å². The van der Waals surface area contributed by atoms with Gasteiger partial charge in [0, 0.05) is 26.0 Å². The highest BCUT2D eigenvalue weighted by atomic mass is 16.5. The van der Waals surface area contributed by atoms with Crippen molar-refractivity contribution in [2.75, 3.05) is 25.6 Å². The fraction of sp³-hybridized carbons (Fsp3) is 0.769. The number of imidazole rings is 1. The minimum absolute atomic E-state index is 0.327. The van der Waals surface area contributed by atoms with E-state index < -0.39 is 0 Å². The standard InChI is InChI=1S/C13H23N3O/c1-11(10-17-2)16-9-8-15-13(16)14-7-3-4-12-5-6-12/h8-9,11-12H,3-7,10H2,1-2H3,(H,14,15). The molecule has 0 radical (unpaired) electrons. The number of hydrogen-bond donors (Lipinski definition) is 1. The van der Waals surface area contributed by atoms with E-state index in [1.807, 2.05) is 12.4 Å². The Bertz CT molecular complexity index is 333. The van der Waals surface area contributed by atoms with E-state index >= 15 is 0 Å². The van der Waals surface area contributed by atoms with Crippen molar-refractivity contribution in [3.63, 3.8) is 0 Å². The average Bonchev–Trinajstić information content (AvgIpc) is 3.02. The molecular weight excluding hydrogens is 214 g/mol. The van der Waals surface area contributed by atoms with Gasteiger partial charge in [0.05, 0.1) is 12.6 Å². The fourth-order valence-corrected chi connectivity index (χ4v) is 2.12. The molecule has 0 amide bonds. The van der Waals surface area contributed by atoms with E-state index in [9.17, 15) is 0 Å². The van der Waals surface area contributed by atoms with Crippen molar-refractivity contribution >= 4 is 5.95 Å². The van der Waals surface area contributed by atoms with Crippen LogP contribution in [0.15, 0.2) is 12.4 Å². The van der Waals surface area contributed by atoms with Crippen LogP contribution in [0, 0.1) is 5.92 Å². The van der Waals surface area contributed by atoms with Gasteiger partial charge in [0.1, 0.15) is 0 Å². The zero-order chi connectivity index (χ0) is 12.1. The molecule has 2 rings (SSSR count). The van der Waals surface area contributed by atoms with Gasteiger partial charge in [0.15, 0.2) is 0 Å². The molecule has 1 N–H and O–H groups in total. The zero-order valence-electron chi connectivity index (χ0n) is 10.9. The molecule has 1 aromatic rings. The Labute approximate surface area is 103 Å². The van der Waals surface area contributed by atoms with Crippen LogP contribution in [0.1, 0.15) is 38.6 Å². The van der Waals surface area contributed by atoms with E-state index in [4.69, 9.17) is 4.74 Å². The molecular formula is C13H23N3O. The Morgan fingerprint density at radius 2 is 2.41 bits per heavy atom. The first-order valence-corrected chi connectivity index (χ1v) is 6.57. The van der Waals surface area contributed by atoms with Crippen LogP contribution in [0.25, 0.3) is 0 Å². The third-order valence-electron chi connectivity index (χ3n) is 3.32. The number of hydrogen-bond acceptors (Lipinski definition) is 3. The lowest BCUT2D eigenvalue weighted by molar-refractivity contribution is 0.163. The van der Waals surface area contributed by atoms with Crippen LogP contribution in [0.5, 0.6) is 0 Å². The van der Waals surface area contributed by atoms with Gasteiger partial charge in [-0.2, -0.15) is 0 Å². The first-order valence-electron chi connectivity index (χ1n) is 6.57. The van der Waals surface area contributed by atoms with E-state index in [1.165, 1.54) is 25.7 Å². The number of ether oxygens (including phenoxy) is 1. The molecule has 1 saturated carbocycles. The molecule has 4 heteroatoms. The Morgan fingerprint density at radius 1 is 1.59 bits per heavy atom. The summed E-state index contributed by atoms with van der Waals surface area (Å²) < 4.78 is 7.31. The van der Waals surface area contributed by atoms with E-state index in [1.54, 1.807) is 7.11 Å². The molecule has 1 aliphatic rings. The van der Waals surface area contributed by atoms with E-state index in [0.29, 0.717) is 12.6 Å². The molecule has 0 spiro atoms. The first-order chi connectivity index (χ1) is 8.31. The van der Waals surface area contributed by atoms with Gasteiger partial charge in [0.2, 0.25) is 5.95 Å². The quantitative estimate of drug-likeness (QED) is 0.707. The smallest absolute Gasteiger partial charge is 0.203 e. The largest absolute Gasteiger partial charge is 0.383 e. The van der Waals surface area contributed by atoms with Crippen LogP contribution >= 0.6 is 0 Å². The molecule has 96 valence electrons. The summed E-state index contributed by atoms with van der Waals surface area (Å²) in [5, 5.41) is 3.41. The van der Waals surface area contributed by atoms with E-state index in [2.05, 4.69) is 21.8 Å². The second-order valence-corrected chi connectivity index (χ2v) is 4.97. The second kappa shape index (κ2) is 6.05. The van der Waals surface area contributed by atoms with Crippen LogP contribution < -0.4 is 5.32 Å². The summed E-state index contributed by atoms with van der Waals surface area (Å²) >= 11 is 0. The van der Waals surface area contributed by atoms with E-state index in [-0.39, 0.29) is 0 Å². The summed E-state index contributed by atoms with van der Waals surface area (Å²) in [5.74, 6) is 1.98. The second-order valence-electron chi connectivity index (χ2n) is 4.97. The number of rotatable bonds is 8. The Morgan fingerprint density at radius 3 is 3.12 bits per heavy atom. The lowest BCUT2D eigenvalue weighted by atomic mass is 10.2. The SMILES string of the molecule is COCC(C)n1ccnc1NCCCC1CC1. The van der Waals surface area contributed by atoms with Crippen molar-refractivity contribution in [2.45, 2.75) is 38.6 Å². The average molecular weight is 237 g/mol. The normalized spacial score (nSPS) is 17.1. The topological polar surface area (TPSA) is 39.1 Å². The molecule has 0 aliphatic heterocycles. The molecule has 0 saturated heterocycles. The van der Waals surface area contributed by atoms with Gasteiger partial charge in [-0.15, -0.1) is 0 Å². The van der Waals surface area contributed by atoms with Crippen molar-refractivity contribution in [1.29, 1.82) is 0 Å². The summed E-state index contributed by atoms with van der Waals surface area (Å²) in [6.07, 6.45) is 9.35. The van der Waals surface area contributed by atoms with Gasteiger partial charge >= 0.3 is 0 Å². The Balaban J connectivity index is 1.76. The number of methoxy groups -OCH3 is 1. The highest BCUT2D eigenvalue weighted by Gasteiger charge is 2.20. The van der Waals surface area contributed by atoms with Crippen molar-refractivity contribution < 1.29 is 4.74 Å². The molecule has 1 aromatic heterocycles. The molecule has 1 atom stereocenters. The fourth-order valence-electron chi connectivity index (χ4n) is 2.12. The molecule has 4 nitrogen and oxygen atoms in total. The predicted octanol–water partition coefficient (Wildman–Crippen LogP) is 2.69. The molecule has 17 heavy (non-hydrogen) atoms. The van der Waals surface area contributed by atoms with Gasteiger partial charge < -0.3 is 14.6 Å². The summed E-state index contributed by atoms with van der Waals surface area (Å²) in [6, 6.07) is 0.327. The monoisotopic (exact) mass is 237 g/mol. The van der Waals surface area contributed by atoms with Crippen molar-refractivity contribution in [2.24, 2.45) is 5.92 Å². The minimum Gasteiger partial charge on any atom is -0.383 e. The summed E-state index contributed by atoms with van der Waals surface area (Å²) in [5.41, 5.74) is 0. The number of nitrogens with zero attached hydrogens (tertiary/aromatic N) is 2. The van der Waals surface area contributed by atoms with Crippen LogP contribution in [0.2, 0.25) is 0 Å². The van der Waals surface area contributed by atoms with Crippen molar-refractivity contribution in [1.82, 2.24) is 9.55 Å². The maximum atomic E-state index is 5.17. The molecule has 1 aliphatic carbocycles. The number of aromatic nitrogens is 2. The van der Waals surface area contributed by atoms with Crippen molar-refractivity contribution in [3.8, 4) is 0 Å². The summed E-state index contributed by atoms with van der Waals surface area (Å²) in [7, 11) is 1.73. The lowest BCUT2D eigenvalue weighted by Gasteiger charge is -2.16. The first kappa shape index (κ1) is 12.4. The van der Waals surface area contributed by atoms with Crippen LogP contribution in [-0.2, 0) is 4.74 Å². The summed E-state index contributed by atoms with van der Waals surface area (Å²) in [6.45, 7) is 3.88. The highest BCUT2D eigenvalue weighted by Crippen LogP contribution is 2.33.